The van der Waals surface area contributed by atoms with Gasteiger partial charge in [-0.2, -0.15) is 11.3 Å². The van der Waals surface area contributed by atoms with Crippen molar-refractivity contribution in [2.75, 3.05) is 11.9 Å². The smallest absolute Gasteiger partial charge is 0.337 e. The highest BCUT2D eigenvalue weighted by atomic mass is 35.5. The molecule has 0 aliphatic rings. The molecule has 4 nitrogen and oxygen atoms in total. The summed E-state index contributed by atoms with van der Waals surface area (Å²) in [6.07, 6.45) is -0.677. The number of aliphatic hydroxyl groups is 1. The lowest BCUT2D eigenvalue weighted by molar-refractivity contribution is 0.0697. The van der Waals surface area contributed by atoms with Crippen molar-refractivity contribution in [3.63, 3.8) is 0 Å². The van der Waals surface area contributed by atoms with E-state index >= 15 is 0 Å². The van der Waals surface area contributed by atoms with Crippen molar-refractivity contribution < 1.29 is 15.0 Å². The summed E-state index contributed by atoms with van der Waals surface area (Å²) in [6.45, 7) is 0.235. The second-order valence-electron chi connectivity index (χ2n) is 3.95. The Labute approximate surface area is 119 Å². The Morgan fingerprint density at radius 3 is 2.84 bits per heavy atom. The maximum atomic E-state index is 11.1. The van der Waals surface area contributed by atoms with Crippen molar-refractivity contribution in [3.8, 4) is 0 Å². The van der Waals surface area contributed by atoms with Crippen LogP contribution < -0.4 is 5.32 Å². The maximum absolute atomic E-state index is 11.1. The molecule has 0 aliphatic heterocycles. The van der Waals surface area contributed by atoms with Crippen molar-refractivity contribution in [2.24, 2.45) is 0 Å². The summed E-state index contributed by atoms with van der Waals surface area (Å²) in [7, 11) is 0. The van der Waals surface area contributed by atoms with Gasteiger partial charge in [0.2, 0.25) is 0 Å². The van der Waals surface area contributed by atoms with Gasteiger partial charge >= 0.3 is 5.97 Å². The van der Waals surface area contributed by atoms with E-state index in [0.717, 1.165) is 5.56 Å². The van der Waals surface area contributed by atoms with Crippen molar-refractivity contribution in [1.82, 2.24) is 0 Å². The van der Waals surface area contributed by atoms with E-state index in [4.69, 9.17) is 16.7 Å². The minimum absolute atomic E-state index is 0.0880. The topological polar surface area (TPSA) is 69.6 Å². The number of carbonyl (C=O) groups is 1. The molecule has 2 aromatic rings. The summed E-state index contributed by atoms with van der Waals surface area (Å²) in [5.74, 6) is -1.06. The molecule has 1 aromatic carbocycles. The van der Waals surface area contributed by atoms with Gasteiger partial charge in [0.1, 0.15) is 0 Å². The van der Waals surface area contributed by atoms with Gasteiger partial charge in [-0.1, -0.05) is 11.6 Å². The Kier molecular flexibility index (Phi) is 4.42. The van der Waals surface area contributed by atoms with Crippen LogP contribution >= 0.6 is 22.9 Å². The van der Waals surface area contributed by atoms with Crippen molar-refractivity contribution >= 4 is 34.6 Å². The Morgan fingerprint density at radius 2 is 2.21 bits per heavy atom. The molecule has 0 radical (unpaired) electrons. The van der Waals surface area contributed by atoms with Crippen LogP contribution in [0.4, 0.5) is 5.69 Å². The van der Waals surface area contributed by atoms with E-state index in [0.29, 0.717) is 10.7 Å². The molecule has 6 heteroatoms. The molecule has 0 saturated carbocycles. The number of thiophene rings is 1. The molecule has 2 rings (SSSR count). The molecular weight excluding hydrogens is 286 g/mol. The van der Waals surface area contributed by atoms with Gasteiger partial charge in [-0.3, -0.25) is 0 Å². The predicted octanol–water partition coefficient (Wildman–Crippen LogP) is 3.25. The van der Waals surface area contributed by atoms with Crippen LogP contribution in [0.2, 0.25) is 5.02 Å². The molecule has 19 heavy (non-hydrogen) atoms. The van der Waals surface area contributed by atoms with Crippen LogP contribution in [0.5, 0.6) is 0 Å². The molecule has 3 N–H and O–H groups in total. The van der Waals surface area contributed by atoms with Gasteiger partial charge in [0, 0.05) is 17.3 Å². The van der Waals surface area contributed by atoms with E-state index in [1.807, 2.05) is 16.8 Å². The first kappa shape index (κ1) is 13.9. The monoisotopic (exact) mass is 297 g/mol. The van der Waals surface area contributed by atoms with Crippen LogP contribution in [0.1, 0.15) is 22.0 Å². The second-order valence-corrected chi connectivity index (χ2v) is 5.16. The molecule has 0 saturated heterocycles. The predicted molar refractivity (Wildman–Crippen MR) is 76.2 cm³/mol. The van der Waals surface area contributed by atoms with Gasteiger partial charge in [-0.25, -0.2) is 4.79 Å². The average molecular weight is 298 g/mol. The van der Waals surface area contributed by atoms with E-state index in [-0.39, 0.29) is 12.1 Å². The normalized spacial score (nSPS) is 12.1. The van der Waals surface area contributed by atoms with Gasteiger partial charge in [0.15, 0.2) is 0 Å². The molecule has 0 spiro atoms. The van der Waals surface area contributed by atoms with Crippen molar-refractivity contribution in [3.05, 3.63) is 51.2 Å². The summed E-state index contributed by atoms with van der Waals surface area (Å²) in [4.78, 5) is 11.1. The molecule has 0 aliphatic carbocycles. The second kappa shape index (κ2) is 6.06. The number of anilines is 1. The van der Waals surface area contributed by atoms with E-state index in [1.165, 1.54) is 17.4 Å². The van der Waals surface area contributed by atoms with Gasteiger partial charge < -0.3 is 15.5 Å². The highest BCUT2D eigenvalue weighted by molar-refractivity contribution is 7.07. The summed E-state index contributed by atoms with van der Waals surface area (Å²) >= 11 is 7.27. The Bertz CT molecular complexity index is 571. The number of hydrogen-bond donors (Lipinski definition) is 3. The molecule has 1 unspecified atom stereocenters. The Hall–Kier alpha value is -1.56. The summed E-state index contributed by atoms with van der Waals surface area (Å²) in [5.41, 5.74) is 1.33. The summed E-state index contributed by atoms with van der Waals surface area (Å²) < 4.78 is 0. The number of halogens is 1. The fourth-order valence-electron chi connectivity index (χ4n) is 1.64. The Morgan fingerprint density at radius 1 is 1.42 bits per heavy atom. The molecular formula is C13H12ClNO3S. The molecule has 0 bridgehead atoms. The van der Waals surface area contributed by atoms with Gasteiger partial charge in [0.25, 0.3) is 0 Å². The molecule has 1 heterocycles. The SMILES string of the molecule is O=C(O)c1cc(Cl)ccc1NCC(O)c1ccsc1. The summed E-state index contributed by atoms with van der Waals surface area (Å²) in [6, 6.07) is 6.40. The first-order chi connectivity index (χ1) is 9.08. The standard InChI is InChI=1S/C13H12ClNO3S/c14-9-1-2-11(10(5-9)13(17)18)15-6-12(16)8-3-4-19-7-8/h1-5,7,12,15-16H,6H2,(H,17,18). The number of hydrogen-bond acceptors (Lipinski definition) is 4. The number of nitrogens with one attached hydrogen (secondary N) is 1. The maximum Gasteiger partial charge on any atom is 0.337 e. The number of rotatable bonds is 5. The average Bonchev–Trinajstić information content (AvgIpc) is 2.90. The lowest BCUT2D eigenvalue weighted by Crippen LogP contribution is -2.14. The van der Waals surface area contributed by atoms with Crippen molar-refractivity contribution in [2.45, 2.75) is 6.10 Å². The zero-order chi connectivity index (χ0) is 13.8. The summed E-state index contributed by atoms with van der Waals surface area (Å²) in [5, 5.41) is 26.0. The minimum Gasteiger partial charge on any atom is -0.478 e. The third kappa shape index (κ3) is 3.47. The van der Waals surface area contributed by atoms with E-state index in [1.54, 1.807) is 12.1 Å². The number of aromatic carboxylic acids is 1. The largest absolute Gasteiger partial charge is 0.478 e. The van der Waals surface area contributed by atoms with Crippen LogP contribution in [0.25, 0.3) is 0 Å². The van der Waals surface area contributed by atoms with Gasteiger partial charge in [-0.05, 0) is 40.6 Å². The molecule has 100 valence electrons. The van der Waals surface area contributed by atoms with Crippen molar-refractivity contribution in [1.29, 1.82) is 0 Å². The molecule has 0 amide bonds. The highest BCUT2D eigenvalue weighted by Gasteiger charge is 2.13. The first-order valence-corrected chi connectivity index (χ1v) is 6.87. The third-order valence-electron chi connectivity index (χ3n) is 2.63. The number of aliphatic hydroxyl groups excluding tert-OH is 1. The number of carboxylic acids is 1. The van der Waals surface area contributed by atoms with Crippen LogP contribution in [-0.4, -0.2) is 22.7 Å². The lowest BCUT2D eigenvalue weighted by Gasteiger charge is -2.13. The van der Waals surface area contributed by atoms with Crippen LogP contribution in [0.15, 0.2) is 35.0 Å². The van der Waals surface area contributed by atoms with Crippen LogP contribution in [0, 0.1) is 0 Å². The van der Waals surface area contributed by atoms with E-state index < -0.39 is 12.1 Å². The van der Waals surface area contributed by atoms with Crippen LogP contribution in [0.3, 0.4) is 0 Å². The molecule has 1 atom stereocenters. The zero-order valence-corrected chi connectivity index (χ0v) is 11.4. The fourth-order valence-corrected chi connectivity index (χ4v) is 2.52. The van der Waals surface area contributed by atoms with Crippen LogP contribution in [-0.2, 0) is 0 Å². The third-order valence-corrected chi connectivity index (χ3v) is 3.56. The highest BCUT2D eigenvalue weighted by Crippen LogP contribution is 2.22. The minimum atomic E-state index is -1.06. The van der Waals surface area contributed by atoms with Gasteiger partial charge in [-0.15, -0.1) is 0 Å². The van der Waals surface area contributed by atoms with Gasteiger partial charge in [0.05, 0.1) is 11.7 Å². The fraction of sp³-hybridized carbons (Fsp3) is 0.154. The molecule has 0 fully saturated rings. The molecule has 1 aromatic heterocycles. The lowest BCUT2D eigenvalue weighted by atomic mass is 10.1. The quantitative estimate of drug-likeness (QED) is 0.792. The first-order valence-electron chi connectivity index (χ1n) is 5.55. The van der Waals surface area contributed by atoms with E-state index in [9.17, 15) is 9.90 Å². The van der Waals surface area contributed by atoms with E-state index in [2.05, 4.69) is 5.32 Å². The Balaban J connectivity index is 2.09. The number of carboxylic acid groups (broad SMARTS) is 1. The number of benzene rings is 1. The zero-order valence-electron chi connectivity index (χ0n) is 9.84.